The maximum atomic E-state index is 12.1. The first-order valence-corrected chi connectivity index (χ1v) is 10.3. The van der Waals surface area contributed by atoms with E-state index in [2.05, 4.69) is 17.3 Å². The van der Waals surface area contributed by atoms with E-state index in [0.717, 1.165) is 37.1 Å². The fourth-order valence-electron chi connectivity index (χ4n) is 3.59. The topological polar surface area (TPSA) is 108 Å². The number of aliphatic hydroxyl groups excluding tert-OH is 1. The second-order valence-electron chi connectivity index (χ2n) is 7.18. The molecule has 2 aromatic rings. The van der Waals surface area contributed by atoms with Crippen molar-refractivity contribution in [3.63, 3.8) is 0 Å². The molecule has 3 rings (SSSR count). The molecule has 0 unspecified atom stereocenters. The van der Waals surface area contributed by atoms with Crippen LogP contribution in [0, 0.1) is 0 Å². The van der Waals surface area contributed by atoms with Crippen molar-refractivity contribution in [3.05, 3.63) is 35.4 Å². The van der Waals surface area contributed by atoms with Gasteiger partial charge in [0.15, 0.2) is 23.1 Å². The molecule has 1 saturated heterocycles. The number of ether oxygens (including phenoxy) is 3. The van der Waals surface area contributed by atoms with Gasteiger partial charge in [-0.2, -0.15) is 5.10 Å². The van der Waals surface area contributed by atoms with Gasteiger partial charge in [-0.25, -0.2) is 9.67 Å². The summed E-state index contributed by atoms with van der Waals surface area (Å²) >= 11 is 0. The van der Waals surface area contributed by atoms with E-state index in [1.54, 1.807) is 25.0 Å². The molecule has 30 heavy (non-hydrogen) atoms. The third-order valence-corrected chi connectivity index (χ3v) is 5.09. The molecule has 9 nitrogen and oxygen atoms in total. The van der Waals surface area contributed by atoms with Crippen LogP contribution in [0.15, 0.2) is 18.2 Å². The average molecular weight is 418 g/mol. The van der Waals surface area contributed by atoms with Crippen molar-refractivity contribution < 1.29 is 24.1 Å². The van der Waals surface area contributed by atoms with Gasteiger partial charge in [-0.15, -0.1) is 0 Å². The number of hydrogen-bond donors (Lipinski definition) is 2. The lowest BCUT2D eigenvalue weighted by molar-refractivity contribution is -0.138. The standard InChI is InChI=1S/C21H30N4O5/c1-4-5-6-7-17-22-21(25(24-17)10-11-26)20-19(23-18(27)13-30-20)14-8-9-15(28-2)16(12-14)29-3/h8-9,12,19-20,26H,4-7,10-11,13H2,1-3H3,(H,23,27)/t19-,20+/m1/s1. The molecule has 0 bridgehead atoms. The zero-order valence-corrected chi connectivity index (χ0v) is 17.8. The van der Waals surface area contributed by atoms with E-state index in [1.807, 2.05) is 12.1 Å². The zero-order valence-electron chi connectivity index (χ0n) is 17.8. The van der Waals surface area contributed by atoms with Crippen LogP contribution in [0.3, 0.4) is 0 Å². The predicted molar refractivity (Wildman–Crippen MR) is 109 cm³/mol. The van der Waals surface area contributed by atoms with E-state index in [0.29, 0.717) is 23.9 Å². The minimum atomic E-state index is -0.542. The minimum Gasteiger partial charge on any atom is -0.493 e. The zero-order chi connectivity index (χ0) is 21.5. The van der Waals surface area contributed by atoms with Gasteiger partial charge < -0.3 is 24.6 Å². The van der Waals surface area contributed by atoms with Crippen molar-refractivity contribution in [3.8, 4) is 11.5 Å². The summed E-state index contributed by atoms with van der Waals surface area (Å²) in [7, 11) is 3.14. The van der Waals surface area contributed by atoms with E-state index in [-0.39, 0.29) is 19.1 Å². The Labute approximate surface area is 176 Å². The highest BCUT2D eigenvalue weighted by atomic mass is 16.5. The number of methoxy groups -OCH3 is 2. The summed E-state index contributed by atoms with van der Waals surface area (Å²) < 4.78 is 18.3. The van der Waals surface area contributed by atoms with Crippen LogP contribution in [0.4, 0.5) is 0 Å². The molecule has 1 aromatic heterocycles. The second kappa shape index (κ2) is 10.4. The van der Waals surface area contributed by atoms with Gasteiger partial charge in [-0.1, -0.05) is 25.8 Å². The number of aromatic nitrogens is 3. The Hall–Kier alpha value is -2.65. The SMILES string of the molecule is CCCCCc1nc([C@H]2OCC(=O)N[C@@H]2c2ccc(OC)c(OC)c2)n(CCO)n1. The lowest BCUT2D eigenvalue weighted by Gasteiger charge is -2.32. The molecule has 1 aromatic carbocycles. The van der Waals surface area contributed by atoms with Crippen molar-refractivity contribution in [2.24, 2.45) is 0 Å². The lowest BCUT2D eigenvalue weighted by atomic mass is 9.98. The fourth-order valence-corrected chi connectivity index (χ4v) is 3.59. The minimum absolute atomic E-state index is 0.0639. The molecule has 1 amide bonds. The average Bonchev–Trinajstić information content (AvgIpc) is 3.16. The number of nitrogens with one attached hydrogen (secondary N) is 1. The van der Waals surface area contributed by atoms with Gasteiger partial charge >= 0.3 is 0 Å². The number of morpholine rings is 1. The Kier molecular flexibility index (Phi) is 7.64. The number of carbonyl (C=O) groups is 1. The molecular weight excluding hydrogens is 388 g/mol. The monoisotopic (exact) mass is 418 g/mol. The molecule has 164 valence electrons. The largest absolute Gasteiger partial charge is 0.493 e. The Bertz CT molecular complexity index is 854. The molecule has 0 saturated carbocycles. The number of nitrogens with zero attached hydrogens (tertiary/aromatic N) is 3. The van der Waals surface area contributed by atoms with E-state index in [1.165, 1.54) is 0 Å². The van der Waals surface area contributed by atoms with Gasteiger partial charge in [-0.3, -0.25) is 4.79 Å². The number of amides is 1. The number of hydrogen-bond acceptors (Lipinski definition) is 7. The molecule has 9 heteroatoms. The van der Waals surface area contributed by atoms with E-state index in [4.69, 9.17) is 19.2 Å². The molecule has 0 radical (unpaired) electrons. The smallest absolute Gasteiger partial charge is 0.246 e. The maximum absolute atomic E-state index is 12.1. The van der Waals surface area contributed by atoms with E-state index < -0.39 is 12.1 Å². The summed E-state index contributed by atoms with van der Waals surface area (Å²) in [4.78, 5) is 16.8. The highest BCUT2D eigenvalue weighted by Crippen LogP contribution is 2.37. The summed E-state index contributed by atoms with van der Waals surface area (Å²) in [6.07, 6.45) is 3.44. The van der Waals surface area contributed by atoms with Gasteiger partial charge in [0.1, 0.15) is 12.7 Å². The van der Waals surface area contributed by atoms with Crippen molar-refractivity contribution in [2.45, 2.75) is 51.3 Å². The summed E-state index contributed by atoms with van der Waals surface area (Å²) in [5.41, 5.74) is 0.803. The first-order chi connectivity index (χ1) is 14.6. The van der Waals surface area contributed by atoms with Crippen LogP contribution in [-0.2, 0) is 22.5 Å². The summed E-state index contributed by atoms with van der Waals surface area (Å²) in [6, 6.07) is 5.00. The van der Waals surface area contributed by atoms with Crippen LogP contribution in [0.2, 0.25) is 0 Å². The van der Waals surface area contributed by atoms with Gasteiger partial charge in [0, 0.05) is 6.42 Å². The highest BCUT2D eigenvalue weighted by Gasteiger charge is 2.36. The predicted octanol–water partition coefficient (Wildman–Crippen LogP) is 1.95. The molecule has 2 heterocycles. The first kappa shape index (κ1) is 22.0. The van der Waals surface area contributed by atoms with Gasteiger partial charge in [-0.05, 0) is 24.1 Å². The Balaban J connectivity index is 1.95. The van der Waals surface area contributed by atoms with Crippen molar-refractivity contribution in [1.82, 2.24) is 20.1 Å². The highest BCUT2D eigenvalue weighted by molar-refractivity contribution is 5.78. The summed E-state index contributed by atoms with van der Waals surface area (Å²) in [6.45, 7) is 2.33. The lowest BCUT2D eigenvalue weighted by Crippen LogP contribution is -2.42. The fraction of sp³-hybridized carbons (Fsp3) is 0.571. The van der Waals surface area contributed by atoms with Crippen LogP contribution < -0.4 is 14.8 Å². The Morgan fingerprint density at radius 2 is 2.07 bits per heavy atom. The van der Waals surface area contributed by atoms with Crippen LogP contribution in [0.25, 0.3) is 0 Å². The van der Waals surface area contributed by atoms with Gasteiger partial charge in [0.2, 0.25) is 5.91 Å². The van der Waals surface area contributed by atoms with Gasteiger partial charge in [0.05, 0.1) is 33.4 Å². The molecule has 1 aliphatic heterocycles. The third kappa shape index (κ3) is 4.91. The quantitative estimate of drug-likeness (QED) is 0.568. The van der Waals surface area contributed by atoms with Crippen molar-refractivity contribution in [2.75, 3.05) is 27.4 Å². The Morgan fingerprint density at radius 3 is 2.77 bits per heavy atom. The van der Waals surface area contributed by atoms with Crippen LogP contribution >= 0.6 is 0 Å². The number of rotatable bonds is 10. The number of unbranched alkanes of at least 4 members (excludes halogenated alkanes) is 2. The normalized spacial score (nSPS) is 18.9. The summed E-state index contributed by atoms with van der Waals surface area (Å²) in [5, 5.41) is 17.0. The number of benzene rings is 1. The molecule has 2 atom stereocenters. The molecule has 0 aliphatic carbocycles. The van der Waals surface area contributed by atoms with Crippen LogP contribution in [0.5, 0.6) is 11.5 Å². The number of aryl methyl sites for hydroxylation is 1. The third-order valence-electron chi connectivity index (χ3n) is 5.09. The first-order valence-electron chi connectivity index (χ1n) is 10.3. The van der Waals surface area contributed by atoms with Crippen molar-refractivity contribution >= 4 is 5.91 Å². The molecule has 1 fully saturated rings. The van der Waals surface area contributed by atoms with E-state index >= 15 is 0 Å². The summed E-state index contributed by atoms with van der Waals surface area (Å²) in [5.74, 6) is 2.27. The molecule has 1 aliphatic rings. The van der Waals surface area contributed by atoms with Crippen molar-refractivity contribution in [1.29, 1.82) is 0 Å². The second-order valence-corrected chi connectivity index (χ2v) is 7.18. The molecule has 0 spiro atoms. The van der Waals surface area contributed by atoms with Gasteiger partial charge in [0.25, 0.3) is 0 Å². The maximum Gasteiger partial charge on any atom is 0.246 e. The Morgan fingerprint density at radius 1 is 1.27 bits per heavy atom. The number of carbonyl (C=O) groups excluding carboxylic acids is 1. The molecule has 2 N–H and O–H groups in total. The number of aliphatic hydroxyl groups is 1. The van der Waals surface area contributed by atoms with Crippen LogP contribution in [-0.4, -0.2) is 53.2 Å². The molecular formula is C21H30N4O5. The van der Waals surface area contributed by atoms with E-state index in [9.17, 15) is 9.90 Å². The van der Waals surface area contributed by atoms with Crippen LogP contribution in [0.1, 0.15) is 55.5 Å².